The summed E-state index contributed by atoms with van der Waals surface area (Å²) in [6.45, 7) is 0. The van der Waals surface area contributed by atoms with Crippen LogP contribution in [0.3, 0.4) is 0 Å². The fourth-order valence-electron chi connectivity index (χ4n) is 4.09. The van der Waals surface area contributed by atoms with Crippen LogP contribution in [0.1, 0.15) is 72.3 Å². The normalized spacial score (nSPS) is 19.7. The van der Waals surface area contributed by atoms with Gasteiger partial charge in [0.1, 0.15) is 0 Å². The molecule has 0 radical (unpaired) electrons. The average molecular weight is 278 g/mol. The Hall–Kier alpha value is -1.63. The van der Waals surface area contributed by atoms with E-state index in [0.717, 1.165) is 30.7 Å². The van der Waals surface area contributed by atoms with Crippen LogP contribution in [0.2, 0.25) is 0 Å². The van der Waals surface area contributed by atoms with Gasteiger partial charge in [-0.25, -0.2) is 0 Å². The van der Waals surface area contributed by atoms with Crippen molar-refractivity contribution >= 4 is 16.6 Å². The Morgan fingerprint density at radius 1 is 0.810 bits per heavy atom. The Balaban J connectivity index is 1.78. The second-order valence-electron chi connectivity index (χ2n) is 6.73. The van der Waals surface area contributed by atoms with Crippen LogP contribution in [0.15, 0.2) is 30.3 Å². The van der Waals surface area contributed by atoms with Gasteiger partial charge in [-0.2, -0.15) is 0 Å². The Kier molecular flexibility index (Phi) is 3.29. The third-order valence-corrected chi connectivity index (χ3v) is 5.31. The number of ketones is 1. The molecular formula is C20H22O. The lowest BCUT2D eigenvalue weighted by molar-refractivity contribution is 0.0972. The van der Waals surface area contributed by atoms with E-state index in [9.17, 15) is 4.79 Å². The molecule has 21 heavy (non-hydrogen) atoms. The highest BCUT2D eigenvalue weighted by Crippen LogP contribution is 2.35. The number of hydrogen-bond acceptors (Lipinski definition) is 1. The molecule has 0 unspecified atom stereocenters. The Morgan fingerprint density at radius 3 is 2.52 bits per heavy atom. The number of benzene rings is 2. The lowest BCUT2D eigenvalue weighted by Crippen LogP contribution is -2.10. The molecule has 0 bridgehead atoms. The Morgan fingerprint density at radius 2 is 1.67 bits per heavy atom. The highest BCUT2D eigenvalue weighted by atomic mass is 16.1. The maximum absolute atomic E-state index is 12.1. The second-order valence-corrected chi connectivity index (χ2v) is 6.73. The molecule has 0 atom stereocenters. The van der Waals surface area contributed by atoms with E-state index in [1.807, 2.05) is 0 Å². The lowest BCUT2D eigenvalue weighted by Gasteiger charge is -2.22. The van der Waals surface area contributed by atoms with Crippen LogP contribution in [-0.4, -0.2) is 5.78 Å². The van der Waals surface area contributed by atoms with Gasteiger partial charge in [0.05, 0.1) is 0 Å². The summed E-state index contributed by atoms with van der Waals surface area (Å²) in [7, 11) is 0. The van der Waals surface area contributed by atoms with Crippen molar-refractivity contribution in [3.05, 3.63) is 47.0 Å². The van der Waals surface area contributed by atoms with Crippen molar-refractivity contribution < 1.29 is 4.79 Å². The monoisotopic (exact) mass is 278 g/mol. The first-order valence-electron chi connectivity index (χ1n) is 8.41. The van der Waals surface area contributed by atoms with Crippen molar-refractivity contribution in [2.24, 2.45) is 0 Å². The molecule has 108 valence electrons. The number of Topliss-reactive ketones (excluding diaryl/α,β-unsaturated/α-hetero) is 1. The molecule has 2 aromatic carbocycles. The minimum absolute atomic E-state index is 0.334. The predicted molar refractivity (Wildman–Crippen MR) is 87.0 cm³/mol. The molecule has 1 saturated carbocycles. The van der Waals surface area contributed by atoms with Crippen LogP contribution >= 0.6 is 0 Å². The molecule has 0 heterocycles. The number of fused-ring (bicyclic) bond motifs is 2. The molecule has 0 N–H and O–H groups in total. The van der Waals surface area contributed by atoms with Gasteiger partial charge in [-0.15, -0.1) is 0 Å². The van der Waals surface area contributed by atoms with Crippen LogP contribution in [0.4, 0.5) is 0 Å². The Bertz CT molecular complexity index is 692. The van der Waals surface area contributed by atoms with E-state index in [4.69, 9.17) is 0 Å². The van der Waals surface area contributed by atoms with E-state index < -0.39 is 0 Å². The number of aryl methyl sites for hydroxylation is 1. The molecule has 1 heteroatoms. The van der Waals surface area contributed by atoms with Crippen LogP contribution < -0.4 is 0 Å². The third kappa shape index (κ3) is 2.39. The van der Waals surface area contributed by atoms with Gasteiger partial charge in [0.15, 0.2) is 5.78 Å². The summed E-state index contributed by atoms with van der Waals surface area (Å²) in [4.78, 5) is 12.1. The van der Waals surface area contributed by atoms with Gasteiger partial charge in [0, 0.05) is 12.0 Å². The van der Waals surface area contributed by atoms with Crippen molar-refractivity contribution in [3.63, 3.8) is 0 Å². The van der Waals surface area contributed by atoms with Gasteiger partial charge in [0.2, 0.25) is 0 Å². The van der Waals surface area contributed by atoms with Crippen molar-refractivity contribution in [3.8, 4) is 0 Å². The fourth-order valence-corrected chi connectivity index (χ4v) is 4.09. The topological polar surface area (TPSA) is 17.1 Å². The van der Waals surface area contributed by atoms with E-state index in [1.54, 1.807) is 0 Å². The van der Waals surface area contributed by atoms with Crippen molar-refractivity contribution in [2.45, 2.75) is 57.3 Å². The molecule has 0 spiro atoms. The van der Waals surface area contributed by atoms with E-state index >= 15 is 0 Å². The van der Waals surface area contributed by atoms with Gasteiger partial charge in [-0.05, 0) is 59.6 Å². The summed E-state index contributed by atoms with van der Waals surface area (Å²) < 4.78 is 0. The van der Waals surface area contributed by atoms with Gasteiger partial charge in [-0.1, -0.05) is 43.5 Å². The average Bonchev–Trinajstić information content (AvgIpc) is 2.54. The summed E-state index contributed by atoms with van der Waals surface area (Å²) in [5.74, 6) is 1.07. The summed E-state index contributed by atoms with van der Waals surface area (Å²) >= 11 is 0. The molecule has 0 amide bonds. The van der Waals surface area contributed by atoms with E-state index in [0.29, 0.717) is 5.78 Å². The zero-order valence-electron chi connectivity index (χ0n) is 12.5. The minimum Gasteiger partial charge on any atom is -0.294 e. The first-order valence-corrected chi connectivity index (χ1v) is 8.41. The van der Waals surface area contributed by atoms with Crippen LogP contribution in [0.5, 0.6) is 0 Å². The maximum atomic E-state index is 12.1. The molecule has 2 aromatic rings. The quantitative estimate of drug-likeness (QED) is 0.682. The number of rotatable bonds is 1. The summed E-state index contributed by atoms with van der Waals surface area (Å²) in [5, 5.41) is 2.55. The smallest absolute Gasteiger partial charge is 0.163 e. The van der Waals surface area contributed by atoms with Crippen molar-refractivity contribution in [1.82, 2.24) is 0 Å². The number of hydrogen-bond donors (Lipinski definition) is 0. The Labute approximate surface area is 126 Å². The van der Waals surface area contributed by atoms with E-state index in [2.05, 4.69) is 30.3 Å². The summed E-state index contributed by atoms with van der Waals surface area (Å²) in [6, 6.07) is 11.3. The van der Waals surface area contributed by atoms with Crippen LogP contribution in [-0.2, 0) is 6.42 Å². The first-order chi connectivity index (χ1) is 10.3. The van der Waals surface area contributed by atoms with Gasteiger partial charge >= 0.3 is 0 Å². The van der Waals surface area contributed by atoms with E-state index in [1.165, 1.54) is 54.0 Å². The number of carbonyl (C=O) groups excluding carboxylic acids is 1. The van der Waals surface area contributed by atoms with Gasteiger partial charge < -0.3 is 0 Å². The molecule has 4 rings (SSSR count). The molecule has 0 aromatic heterocycles. The summed E-state index contributed by atoms with van der Waals surface area (Å²) in [5.41, 5.74) is 3.71. The van der Waals surface area contributed by atoms with E-state index in [-0.39, 0.29) is 0 Å². The standard InChI is InChI=1S/C20H22O/c21-20-8-4-7-17-11-16-10-9-15(12-18(16)13-19(17)20)14-5-2-1-3-6-14/h9-14H,1-8H2. The first kappa shape index (κ1) is 13.1. The highest BCUT2D eigenvalue weighted by molar-refractivity contribution is 6.02. The fraction of sp³-hybridized carbons (Fsp3) is 0.450. The molecule has 1 nitrogen and oxygen atoms in total. The maximum Gasteiger partial charge on any atom is 0.163 e. The van der Waals surface area contributed by atoms with Gasteiger partial charge in [-0.3, -0.25) is 4.79 Å². The van der Waals surface area contributed by atoms with Crippen molar-refractivity contribution in [1.29, 1.82) is 0 Å². The number of carbonyl (C=O) groups is 1. The van der Waals surface area contributed by atoms with Gasteiger partial charge in [0.25, 0.3) is 0 Å². The summed E-state index contributed by atoms with van der Waals surface area (Å²) in [6.07, 6.45) is 9.58. The largest absolute Gasteiger partial charge is 0.294 e. The third-order valence-electron chi connectivity index (χ3n) is 5.31. The molecule has 1 fully saturated rings. The zero-order chi connectivity index (χ0) is 14.2. The van der Waals surface area contributed by atoms with Crippen LogP contribution in [0.25, 0.3) is 10.8 Å². The molecular weight excluding hydrogens is 256 g/mol. The predicted octanol–water partition coefficient (Wildman–Crippen LogP) is 5.41. The molecule has 2 aliphatic carbocycles. The zero-order valence-corrected chi connectivity index (χ0v) is 12.5. The molecule has 2 aliphatic rings. The highest BCUT2D eigenvalue weighted by Gasteiger charge is 2.19. The van der Waals surface area contributed by atoms with Crippen LogP contribution in [0, 0.1) is 0 Å². The SMILES string of the molecule is O=C1CCCc2cc3ccc(C4CCCCC4)cc3cc21. The lowest BCUT2D eigenvalue weighted by atomic mass is 9.82. The molecule has 0 saturated heterocycles. The van der Waals surface area contributed by atoms with Crippen molar-refractivity contribution in [2.75, 3.05) is 0 Å². The second kappa shape index (κ2) is 5.29. The molecule has 0 aliphatic heterocycles. The minimum atomic E-state index is 0.334.